The normalized spacial score (nSPS) is 14.9. The van der Waals surface area contributed by atoms with E-state index < -0.39 is 0 Å². The zero-order chi connectivity index (χ0) is 20.3. The first-order chi connectivity index (χ1) is 13.5. The summed E-state index contributed by atoms with van der Waals surface area (Å²) in [6.07, 6.45) is 1.66. The highest BCUT2D eigenvalue weighted by Gasteiger charge is 2.32. The smallest absolute Gasteiger partial charge is 0.281 e. The van der Waals surface area contributed by atoms with Crippen molar-refractivity contribution in [3.8, 4) is 23.0 Å². The Balaban J connectivity index is 2.00. The SMILES string of the molecule is COc1cccc(N2C(=O)C(=Cc3cc(OC)c(OC)cc3OC)NC2=S)c1. The maximum atomic E-state index is 13.0. The summed E-state index contributed by atoms with van der Waals surface area (Å²) in [5.74, 6) is 1.93. The molecule has 28 heavy (non-hydrogen) atoms. The van der Waals surface area contributed by atoms with Crippen molar-refractivity contribution in [1.82, 2.24) is 5.32 Å². The molecule has 2 aromatic rings. The molecule has 1 fully saturated rings. The van der Waals surface area contributed by atoms with E-state index in [1.807, 2.05) is 0 Å². The van der Waals surface area contributed by atoms with Gasteiger partial charge < -0.3 is 24.3 Å². The average Bonchev–Trinajstić information content (AvgIpc) is 3.00. The molecule has 0 unspecified atom stereocenters. The molecular formula is C20H20N2O5S. The maximum Gasteiger partial charge on any atom is 0.281 e. The second-order valence-electron chi connectivity index (χ2n) is 5.78. The highest BCUT2D eigenvalue weighted by molar-refractivity contribution is 7.80. The van der Waals surface area contributed by atoms with E-state index in [4.69, 9.17) is 31.2 Å². The van der Waals surface area contributed by atoms with Crippen LogP contribution in [0.2, 0.25) is 0 Å². The van der Waals surface area contributed by atoms with Gasteiger partial charge in [-0.3, -0.25) is 9.69 Å². The van der Waals surface area contributed by atoms with Crippen molar-refractivity contribution in [2.45, 2.75) is 0 Å². The molecule has 0 bridgehead atoms. The number of hydrogen-bond donors (Lipinski definition) is 1. The van der Waals surface area contributed by atoms with E-state index in [-0.39, 0.29) is 11.0 Å². The Kier molecular flexibility index (Phi) is 5.70. The monoisotopic (exact) mass is 400 g/mol. The number of benzene rings is 2. The van der Waals surface area contributed by atoms with Crippen molar-refractivity contribution >= 4 is 35.0 Å². The highest BCUT2D eigenvalue weighted by Crippen LogP contribution is 2.36. The van der Waals surface area contributed by atoms with Crippen LogP contribution in [0.1, 0.15) is 5.56 Å². The Bertz CT molecular complexity index is 958. The molecule has 1 heterocycles. The number of rotatable bonds is 6. The van der Waals surface area contributed by atoms with Gasteiger partial charge in [0.2, 0.25) is 0 Å². The maximum absolute atomic E-state index is 13.0. The van der Waals surface area contributed by atoms with Gasteiger partial charge in [0, 0.05) is 17.7 Å². The third-order valence-corrected chi connectivity index (χ3v) is 4.51. The number of nitrogens with one attached hydrogen (secondary N) is 1. The number of methoxy groups -OCH3 is 4. The topological polar surface area (TPSA) is 69.3 Å². The summed E-state index contributed by atoms with van der Waals surface area (Å²) in [5.41, 5.74) is 1.58. The van der Waals surface area contributed by atoms with E-state index in [2.05, 4.69) is 5.32 Å². The van der Waals surface area contributed by atoms with E-state index in [1.54, 1.807) is 70.9 Å². The van der Waals surface area contributed by atoms with Crippen molar-refractivity contribution in [3.05, 3.63) is 47.7 Å². The number of carbonyl (C=O) groups is 1. The summed E-state index contributed by atoms with van der Waals surface area (Å²) in [6, 6.07) is 10.6. The fraction of sp³-hybridized carbons (Fsp3) is 0.200. The Hall–Kier alpha value is -3.26. The molecule has 1 amide bonds. The van der Waals surface area contributed by atoms with Gasteiger partial charge in [0.25, 0.3) is 5.91 Å². The lowest BCUT2D eigenvalue weighted by atomic mass is 10.1. The molecule has 0 atom stereocenters. The molecular weight excluding hydrogens is 380 g/mol. The van der Waals surface area contributed by atoms with Crippen LogP contribution in [0.25, 0.3) is 6.08 Å². The van der Waals surface area contributed by atoms with E-state index in [9.17, 15) is 4.79 Å². The molecule has 0 aromatic heterocycles. The Morgan fingerprint density at radius 2 is 1.61 bits per heavy atom. The molecule has 146 valence electrons. The number of hydrogen-bond acceptors (Lipinski definition) is 6. The average molecular weight is 400 g/mol. The zero-order valence-corrected chi connectivity index (χ0v) is 16.8. The first kappa shape index (κ1) is 19.5. The van der Waals surface area contributed by atoms with E-state index in [1.165, 1.54) is 4.90 Å². The number of carbonyl (C=O) groups excluding carboxylic acids is 1. The molecule has 0 radical (unpaired) electrons. The lowest BCUT2D eigenvalue weighted by Gasteiger charge is -2.14. The van der Waals surface area contributed by atoms with Gasteiger partial charge in [-0.15, -0.1) is 0 Å². The Morgan fingerprint density at radius 3 is 2.25 bits per heavy atom. The molecule has 3 rings (SSSR count). The molecule has 1 aliphatic heterocycles. The standard InChI is InChI=1S/C20H20N2O5S/c1-24-14-7-5-6-13(10-14)22-19(23)15(21-20(22)28)8-12-9-17(26-3)18(27-4)11-16(12)25-2/h5-11H,1-4H3,(H,21,28). The Morgan fingerprint density at radius 1 is 0.929 bits per heavy atom. The molecule has 8 heteroatoms. The van der Waals surface area contributed by atoms with Crippen LogP contribution in [0.3, 0.4) is 0 Å². The first-order valence-electron chi connectivity index (χ1n) is 8.33. The van der Waals surface area contributed by atoms with E-state index in [0.717, 1.165) is 0 Å². The van der Waals surface area contributed by atoms with Crippen molar-refractivity contribution in [1.29, 1.82) is 0 Å². The summed E-state index contributed by atoms with van der Waals surface area (Å²) < 4.78 is 21.3. The minimum Gasteiger partial charge on any atom is -0.497 e. The van der Waals surface area contributed by atoms with Crippen molar-refractivity contribution in [2.24, 2.45) is 0 Å². The van der Waals surface area contributed by atoms with Crippen LogP contribution in [-0.2, 0) is 4.79 Å². The number of nitrogens with zero attached hydrogens (tertiary/aromatic N) is 1. The van der Waals surface area contributed by atoms with E-state index >= 15 is 0 Å². The van der Waals surface area contributed by atoms with Gasteiger partial charge in [-0.25, -0.2) is 0 Å². The van der Waals surface area contributed by atoms with Gasteiger partial charge in [-0.2, -0.15) is 0 Å². The lowest BCUT2D eigenvalue weighted by Crippen LogP contribution is -2.30. The molecule has 1 aliphatic rings. The number of amides is 1. The molecule has 1 N–H and O–H groups in total. The second-order valence-corrected chi connectivity index (χ2v) is 6.17. The van der Waals surface area contributed by atoms with Gasteiger partial charge in [-0.1, -0.05) is 6.07 Å². The van der Waals surface area contributed by atoms with Gasteiger partial charge in [0.05, 0.1) is 34.1 Å². The van der Waals surface area contributed by atoms with Gasteiger partial charge in [0.1, 0.15) is 17.2 Å². The minimum absolute atomic E-state index is 0.281. The lowest BCUT2D eigenvalue weighted by molar-refractivity contribution is -0.113. The summed E-state index contributed by atoms with van der Waals surface area (Å²) in [5, 5.41) is 3.24. The van der Waals surface area contributed by atoms with Crippen LogP contribution in [0.15, 0.2) is 42.1 Å². The fourth-order valence-corrected chi connectivity index (χ4v) is 3.14. The summed E-state index contributed by atoms with van der Waals surface area (Å²) in [6.45, 7) is 0. The largest absolute Gasteiger partial charge is 0.497 e. The summed E-state index contributed by atoms with van der Waals surface area (Å²) in [4.78, 5) is 14.4. The van der Waals surface area contributed by atoms with Gasteiger partial charge >= 0.3 is 0 Å². The van der Waals surface area contributed by atoms with Crippen molar-refractivity contribution in [2.75, 3.05) is 33.3 Å². The third kappa shape index (κ3) is 3.59. The molecule has 7 nitrogen and oxygen atoms in total. The first-order valence-corrected chi connectivity index (χ1v) is 8.74. The predicted octanol–water partition coefficient (Wildman–Crippen LogP) is 2.98. The van der Waals surface area contributed by atoms with Crippen molar-refractivity contribution in [3.63, 3.8) is 0 Å². The Labute approximate surface area is 168 Å². The van der Waals surface area contributed by atoms with E-state index in [0.29, 0.717) is 39.9 Å². The number of thiocarbonyl (C=S) groups is 1. The van der Waals surface area contributed by atoms with Crippen molar-refractivity contribution < 1.29 is 23.7 Å². The zero-order valence-electron chi connectivity index (χ0n) is 15.9. The molecule has 1 saturated heterocycles. The molecule has 2 aromatic carbocycles. The minimum atomic E-state index is -0.282. The third-order valence-electron chi connectivity index (χ3n) is 4.23. The van der Waals surface area contributed by atoms with Crippen LogP contribution in [-0.4, -0.2) is 39.5 Å². The second kappa shape index (κ2) is 8.18. The number of anilines is 1. The van der Waals surface area contributed by atoms with Crippen LogP contribution < -0.4 is 29.2 Å². The van der Waals surface area contributed by atoms with Crippen LogP contribution in [0.5, 0.6) is 23.0 Å². The molecule has 0 spiro atoms. The molecule has 0 saturated carbocycles. The van der Waals surface area contributed by atoms with Crippen LogP contribution >= 0.6 is 12.2 Å². The van der Waals surface area contributed by atoms with Gasteiger partial charge in [-0.05, 0) is 36.5 Å². The number of ether oxygens (including phenoxy) is 4. The molecule has 0 aliphatic carbocycles. The predicted molar refractivity (Wildman–Crippen MR) is 110 cm³/mol. The quantitative estimate of drug-likeness (QED) is 0.591. The van der Waals surface area contributed by atoms with Gasteiger partial charge in [0.15, 0.2) is 16.6 Å². The highest BCUT2D eigenvalue weighted by atomic mass is 32.1. The fourth-order valence-electron chi connectivity index (χ4n) is 2.84. The van der Waals surface area contributed by atoms with Crippen LogP contribution in [0.4, 0.5) is 5.69 Å². The summed E-state index contributed by atoms with van der Waals surface area (Å²) in [7, 11) is 6.19. The summed E-state index contributed by atoms with van der Waals surface area (Å²) >= 11 is 5.36. The van der Waals surface area contributed by atoms with Crippen LogP contribution in [0, 0.1) is 0 Å².